The number of halogens is 2. The van der Waals surface area contributed by atoms with E-state index < -0.39 is 17.8 Å². The lowest BCUT2D eigenvalue weighted by atomic mass is 10.2. The van der Waals surface area contributed by atoms with Crippen molar-refractivity contribution < 1.29 is 14.3 Å². The average Bonchev–Trinajstić information content (AvgIpc) is 2.19. The van der Waals surface area contributed by atoms with Gasteiger partial charge in [0.15, 0.2) is 0 Å². The van der Waals surface area contributed by atoms with Crippen LogP contribution in [0, 0.1) is 5.82 Å². The van der Waals surface area contributed by atoms with Crippen LogP contribution in [0.15, 0.2) is 18.2 Å². The molecular weight excluding hydrogens is 221 g/mol. The van der Waals surface area contributed by atoms with Gasteiger partial charge < -0.3 is 10.4 Å². The molecule has 15 heavy (non-hydrogen) atoms. The van der Waals surface area contributed by atoms with E-state index in [-0.39, 0.29) is 5.02 Å². The minimum Gasteiger partial charge on any atom is -0.480 e. The van der Waals surface area contributed by atoms with Crippen LogP contribution in [-0.4, -0.2) is 17.1 Å². The van der Waals surface area contributed by atoms with Gasteiger partial charge in [-0.25, -0.2) is 9.18 Å². The van der Waals surface area contributed by atoms with Gasteiger partial charge in [-0.1, -0.05) is 18.5 Å². The molecule has 0 radical (unpaired) electrons. The molecule has 0 spiro atoms. The maximum Gasteiger partial charge on any atom is 0.326 e. The van der Waals surface area contributed by atoms with Crippen molar-refractivity contribution in [2.45, 2.75) is 19.4 Å². The summed E-state index contributed by atoms with van der Waals surface area (Å²) < 4.78 is 12.8. The van der Waals surface area contributed by atoms with E-state index in [1.165, 1.54) is 18.2 Å². The zero-order valence-corrected chi connectivity index (χ0v) is 8.88. The quantitative estimate of drug-likeness (QED) is 0.838. The normalized spacial score (nSPS) is 12.2. The molecule has 0 heterocycles. The summed E-state index contributed by atoms with van der Waals surface area (Å²) in [6.45, 7) is 1.75. The average molecular weight is 232 g/mol. The predicted molar refractivity (Wildman–Crippen MR) is 56.7 cm³/mol. The van der Waals surface area contributed by atoms with Crippen LogP contribution in [0.2, 0.25) is 5.02 Å². The fourth-order valence-electron chi connectivity index (χ4n) is 1.13. The van der Waals surface area contributed by atoms with Gasteiger partial charge in [0, 0.05) is 5.69 Å². The molecule has 0 amide bonds. The molecule has 1 aromatic carbocycles. The third kappa shape index (κ3) is 3.09. The minimum absolute atomic E-state index is 0.0276. The van der Waals surface area contributed by atoms with E-state index in [9.17, 15) is 9.18 Å². The van der Waals surface area contributed by atoms with Crippen LogP contribution in [0.4, 0.5) is 10.1 Å². The Morgan fingerprint density at radius 3 is 2.80 bits per heavy atom. The summed E-state index contributed by atoms with van der Waals surface area (Å²) in [5, 5.41) is 11.5. The largest absolute Gasteiger partial charge is 0.480 e. The van der Waals surface area contributed by atoms with Crippen LogP contribution in [0.5, 0.6) is 0 Å². The fraction of sp³-hybridized carbons (Fsp3) is 0.300. The van der Waals surface area contributed by atoms with Crippen molar-refractivity contribution in [3.05, 3.63) is 29.0 Å². The van der Waals surface area contributed by atoms with Crippen molar-refractivity contribution in [3.8, 4) is 0 Å². The smallest absolute Gasteiger partial charge is 0.326 e. The maximum atomic E-state index is 12.8. The third-order valence-corrected chi connectivity index (χ3v) is 2.26. The number of rotatable bonds is 4. The second-order valence-electron chi connectivity index (χ2n) is 3.07. The SMILES string of the molecule is CC[C@H](Nc1ccc(F)c(Cl)c1)C(=O)O. The minimum atomic E-state index is -0.946. The summed E-state index contributed by atoms with van der Waals surface area (Å²) in [7, 11) is 0. The predicted octanol–water partition coefficient (Wildman–Crippen LogP) is 2.75. The van der Waals surface area contributed by atoms with Crippen LogP contribution < -0.4 is 5.32 Å². The number of carbonyl (C=O) groups is 1. The monoisotopic (exact) mass is 231 g/mol. The Hall–Kier alpha value is -1.29. The van der Waals surface area contributed by atoms with Gasteiger partial charge in [-0.2, -0.15) is 0 Å². The molecule has 0 unspecified atom stereocenters. The lowest BCUT2D eigenvalue weighted by molar-refractivity contribution is -0.137. The molecule has 82 valence electrons. The highest BCUT2D eigenvalue weighted by Gasteiger charge is 2.14. The van der Waals surface area contributed by atoms with E-state index in [0.29, 0.717) is 12.1 Å². The molecule has 0 aromatic heterocycles. The number of hydrogen-bond acceptors (Lipinski definition) is 2. The number of carboxylic acid groups (broad SMARTS) is 1. The highest BCUT2D eigenvalue weighted by atomic mass is 35.5. The van der Waals surface area contributed by atoms with Gasteiger partial charge in [0.05, 0.1) is 5.02 Å². The van der Waals surface area contributed by atoms with Crippen molar-refractivity contribution >= 4 is 23.3 Å². The Labute approximate surface area is 91.9 Å². The van der Waals surface area contributed by atoms with E-state index in [1.807, 2.05) is 0 Å². The first-order valence-corrected chi connectivity index (χ1v) is 4.86. The molecule has 0 aliphatic heterocycles. The van der Waals surface area contributed by atoms with Crippen molar-refractivity contribution in [1.29, 1.82) is 0 Å². The first-order chi connectivity index (χ1) is 7.04. The summed E-state index contributed by atoms with van der Waals surface area (Å²) in [5.74, 6) is -1.47. The molecule has 1 aromatic rings. The van der Waals surface area contributed by atoms with Crippen LogP contribution >= 0.6 is 11.6 Å². The molecule has 3 nitrogen and oxygen atoms in total. The molecule has 2 N–H and O–H groups in total. The number of benzene rings is 1. The Bertz CT molecular complexity index is 370. The summed E-state index contributed by atoms with van der Waals surface area (Å²) in [5.41, 5.74) is 0.496. The second kappa shape index (κ2) is 4.98. The molecule has 0 fully saturated rings. The van der Waals surface area contributed by atoms with Crippen molar-refractivity contribution in [3.63, 3.8) is 0 Å². The van der Waals surface area contributed by atoms with E-state index in [0.717, 1.165) is 0 Å². The van der Waals surface area contributed by atoms with Gasteiger partial charge in [0.25, 0.3) is 0 Å². The molecule has 0 aliphatic carbocycles. The van der Waals surface area contributed by atoms with Gasteiger partial charge in [0.1, 0.15) is 11.9 Å². The lowest BCUT2D eigenvalue weighted by Gasteiger charge is -2.13. The molecule has 1 atom stereocenters. The molecule has 0 bridgehead atoms. The van der Waals surface area contributed by atoms with Crippen molar-refractivity contribution in [2.24, 2.45) is 0 Å². The third-order valence-electron chi connectivity index (χ3n) is 1.97. The summed E-state index contributed by atoms with van der Waals surface area (Å²) in [4.78, 5) is 10.7. The zero-order valence-electron chi connectivity index (χ0n) is 8.13. The van der Waals surface area contributed by atoms with E-state index in [2.05, 4.69) is 5.32 Å². The van der Waals surface area contributed by atoms with E-state index in [4.69, 9.17) is 16.7 Å². The van der Waals surface area contributed by atoms with Crippen LogP contribution in [0.3, 0.4) is 0 Å². The van der Waals surface area contributed by atoms with E-state index >= 15 is 0 Å². The Balaban J connectivity index is 2.80. The summed E-state index contributed by atoms with van der Waals surface area (Å²) in [6, 6.07) is 3.32. The van der Waals surface area contributed by atoms with Gasteiger partial charge in [-0.3, -0.25) is 0 Å². The number of carboxylic acids is 1. The molecule has 0 saturated carbocycles. The Morgan fingerprint density at radius 1 is 1.67 bits per heavy atom. The number of anilines is 1. The van der Waals surface area contributed by atoms with Crippen molar-refractivity contribution in [2.75, 3.05) is 5.32 Å². The van der Waals surface area contributed by atoms with Crippen LogP contribution in [-0.2, 0) is 4.79 Å². The first-order valence-electron chi connectivity index (χ1n) is 4.49. The Kier molecular flexibility index (Phi) is 3.91. The molecular formula is C10H11ClFNO2. The molecule has 0 aliphatic rings. The van der Waals surface area contributed by atoms with E-state index in [1.54, 1.807) is 6.92 Å². The van der Waals surface area contributed by atoms with Gasteiger partial charge in [-0.05, 0) is 24.6 Å². The highest BCUT2D eigenvalue weighted by Crippen LogP contribution is 2.20. The number of hydrogen-bond donors (Lipinski definition) is 2. The van der Waals surface area contributed by atoms with Crippen molar-refractivity contribution in [1.82, 2.24) is 0 Å². The maximum absolute atomic E-state index is 12.8. The van der Waals surface area contributed by atoms with Gasteiger partial charge in [0.2, 0.25) is 0 Å². The number of nitrogens with one attached hydrogen (secondary N) is 1. The second-order valence-corrected chi connectivity index (χ2v) is 3.48. The standard InChI is InChI=1S/C10H11ClFNO2/c1-2-9(10(14)15)13-6-3-4-8(12)7(11)5-6/h3-5,9,13H,2H2,1H3,(H,14,15)/t9-/m0/s1. The topological polar surface area (TPSA) is 49.3 Å². The number of aliphatic carboxylic acids is 1. The summed E-state index contributed by atoms with van der Waals surface area (Å²) >= 11 is 5.56. The molecule has 0 saturated heterocycles. The Morgan fingerprint density at radius 2 is 2.33 bits per heavy atom. The lowest BCUT2D eigenvalue weighted by Crippen LogP contribution is -2.28. The molecule has 5 heteroatoms. The van der Waals surface area contributed by atoms with Crippen LogP contribution in [0.1, 0.15) is 13.3 Å². The van der Waals surface area contributed by atoms with Gasteiger partial charge in [-0.15, -0.1) is 0 Å². The zero-order chi connectivity index (χ0) is 11.4. The van der Waals surface area contributed by atoms with Crippen LogP contribution in [0.25, 0.3) is 0 Å². The molecule has 1 rings (SSSR count). The van der Waals surface area contributed by atoms with Gasteiger partial charge >= 0.3 is 5.97 Å². The highest BCUT2D eigenvalue weighted by molar-refractivity contribution is 6.31. The summed E-state index contributed by atoms with van der Waals surface area (Å²) in [6.07, 6.45) is 0.435. The fourth-order valence-corrected chi connectivity index (χ4v) is 1.31. The first kappa shape index (κ1) is 11.8.